The molecular formula is C14H19N3O5. The van der Waals surface area contributed by atoms with Gasteiger partial charge in [-0.15, -0.1) is 0 Å². The van der Waals surface area contributed by atoms with Crippen LogP contribution in [0.4, 0.5) is 5.69 Å². The molecule has 8 heteroatoms. The van der Waals surface area contributed by atoms with Crippen LogP contribution < -0.4 is 15.4 Å². The van der Waals surface area contributed by atoms with Crippen molar-refractivity contribution >= 4 is 17.5 Å². The fraction of sp³-hybridized carbons (Fsp3) is 0.429. The van der Waals surface area contributed by atoms with Crippen LogP contribution >= 0.6 is 0 Å². The molecular weight excluding hydrogens is 290 g/mol. The Morgan fingerprint density at radius 2 is 2.05 bits per heavy atom. The van der Waals surface area contributed by atoms with Crippen LogP contribution in [-0.2, 0) is 4.79 Å². The number of nitrogens with one attached hydrogen (secondary N) is 2. The van der Waals surface area contributed by atoms with Crippen molar-refractivity contribution in [3.05, 3.63) is 33.9 Å². The lowest BCUT2D eigenvalue weighted by molar-refractivity contribution is -0.385. The van der Waals surface area contributed by atoms with E-state index in [4.69, 9.17) is 4.74 Å². The van der Waals surface area contributed by atoms with Crippen molar-refractivity contribution in [2.45, 2.75) is 26.8 Å². The van der Waals surface area contributed by atoms with Crippen molar-refractivity contribution < 1.29 is 19.2 Å². The fourth-order valence-electron chi connectivity index (χ4n) is 1.75. The summed E-state index contributed by atoms with van der Waals surface area (Å²) in [5, 5.41) is 16.1. The Morgan fingerprint density at radius 3 is 2.59 bits per heavy atom. The van der Waals surface area contributed by atoms with Gasteiger partial charge in [-0.2, -0.15) is 0 Å². The Labute approximate surface area is 128 Å². The smallest absolute Gasteiger partial charge is 0.311 e. The third-order valence-corrected chi connectivity index (χ3v) is 2.81. The molecule has 1 atom stereocenters. The Kier molecular flexibility index (Phi) is 6.30. The van der Waals surface area contributed by atoms with Crippen molar-refractivity contribution in [2.75, 3.05) is 13.2 Å². The fourth-order valence-corrected chi connectivity index (χ4v) is 1.75. The lowest BCUT2D eigenvalue weighted by Gasteiger charge is -2.13. The van der Waals surface area contributed by atoms with Gasteiger partial charge < -0.3 is 15.4 Å². The largest absolute Gasteiger partial charge is 0.487 e. The minimum absolute atomic E-state index is 0.0892. The van der Waals surface area contributed by atoms with Gasteiger partial charge in [0.2, 0.25) is 5.91 Å². The highest BCUT2D eigenvalue weighted by Crippen LogP contribution is 2.27. The van der Waals surface area contributed by atoms with Crippen molar-refractivity contribution in [3.8, 4) is 5.75 Å². The molecule has 8 nitrogen and oxygen atoms in total. The van der Waals surface area contributed by atoms with Gasteiger partial charge in [0.1, 0.15) is 6.04 Å². The van der Waals surface area contributed by atoms with Crippen LogP contribution in [0.1, 0.15) is 31.1 Å². The first-order valence-corrected chi connectivity index (χ1v) is 6.90. The SMILES string of the molecule is CCNC(=O)[C@@H](C)NC(=O)c1ccc(OCC)c([N+](=O)[O-])c1. The first-order chi connectivity index (χ1) is 10.4. The zero-order valence-corrected chi connectivity index (χ0v) is 12.7. The molecule has 0 aliphatic heterocycles. The number of nitrogens with zero attached hydrogens (tertiary/aromatic N) is 1. The second-order valence-electron chi connectivity index (χ2n) is 4.46. The normalized spacial score (nSPS) is 11.4. The lowest BCUT2D eigenvalue weighted by Crippen LogP contribution is -2.44. The maximum Gasteiger partial charge on any atom is 0.311 e. The highest BCUT2D eigenvalue weighted by Gasteiger charge is 2.21. The zero-order valence-electron chi connectivity index (χ0n) is 12.7. The van der Waals surface area contributed by atoms with Gasteiger partial charge in [0, 0.05) is 18.2 Å². The van der Waals surface area contributed by atoms with Crippen LogP contribution in [0, 0.1) is 10.1 Å². The summed E-state index contributed by atoms with van der Waals surface area (Å²) in [7, 11) is 0. The van der Waals surface area contributed by atoms with E-state index in [2.05, 4.69) is 10.6 Å². The van der Waals surface area contributed by atoms with Crippen LogP contribution in [0.15, 0.2) is 18.2 Å². The molecule has 0 unspecified atom stereocenters. The van der Waals surface area contributed by atoms with Gasteiger partial charge in [0.25, 0.3) is 5.91 Å². The van der Waals surface area contributed by atoms with Gasteiger partial charge in [0.15, 0.2) is 5.75 Å². The van der Waals surface area contributed by atoms with Crippen molar-refractivity contribution in [3.63, 3.8) is 0 Å². The first kappa shape index (κ1) is 17.4. The average Bonchev–Trinajstić information content (AvgIpc) is 2.47. The molecule has 2 amide bonds. The van der Waals surface area contributed by atoms with E-state index in [1.807, 2.05) is 0 Å². The van der Waals surface area contributed by atoms with E-state index in [0.717, 1.165) is 6.07 Å². The molecule has 0 heterocycles. The van der Waals surface area contributed by atoms with Gasteiger partial charge in [-0.3, -0.25) is 19.7 Å². The van der Waals surface area contributed by atoms with Crippen LogP contribution in [0.25, 0.3) is 0 Å². The summed E-state index contributed by atoms with van der Waals surface area (Å²) in [5.41, 5.74) is -0.202. The molecule has 0 aliphatic carbocycles. The van der Waals surface area contributed by atoms with Gasteiger partial charge in [0.05, 0.1) is 11.5 Å². The van der Waals surface area contributed by atoms with Crippen molar-refractivity contribution in [1.82, 2.24) is 10.6 Å². The predicted molar refractivity (Wildman–Crippen MR) is 79.9 cm³/mol. The van der Waals surface area contributed by atoms with E-state index in [1.165, 1.54) is 19.1 Å². The summed E-state index contributed by atoms with van der Waals surface area (Å²) in [6.07, 6.45) is 0. The molecule has 0 spiro atoms. The van der Waals surface area contributed by atoms with Crippen LogP contribution in [0.2, 0.25) is 0 Å². The molecule has 120 valence electrons. The topological polar surface area (TPSA) is 111 Å². The highest BCUT2D eigenvalue weighted by atomic mass is 16.6. The predicted octanol–water partition coefficient (Wildman–Crippen LogP) is 1.25. The number of likely N-dealkylation sites (N-methyl/N-ethyl adjacent to an activating group) is 1. The summed E-state index contributed by atoms with van der Waals surface area (Å²) >= 11 is 0. The molecule has 0 aliphatic rings. The molecule has 1 aromatic carbocycles. The monoisotopic (exact) mass is 309 g/mol. The quantitative estimate of drug-likeness (QED) is 0.581. The molecule has 0 bridgehead atoms. The van der Waals surface area contributed by atoms with Crippen molar-refractivity contribution in [2.24, 2.45) is 0 Å². The molecule has 22 heavy (non-hydrogen) atoms. The molecule has 0 saturated heterocycles. The van der Waals surface area contributed by atoms with Crippen LogP contribution in [-0.4, -0.2) is 35.9 Å². The van der Waals surface area contributed by atoms with Gasteiger partial charge in [-0.1, -0.05) is 0 Å². The second kappa shape index (κ2) is 7.96. The molecule has 1 rings (SSSR count). The third kappa shape index (κ3) is 4.44. The number of amides is 2. The number of nitro benzene ring substituents is 1. The van der Waals surface area contributed by atoms with Gasteiger partial charge in [-0.05, 0) is 32.9 Å². The number of benzene rings is 1. The van der Waals surface area contributed by atoms with Gasteiger partial charge >= 0.3 is 5.69 Å². The summed E-state index contributed by atoms with van der Waals surface area (Å²) in [4.78, 5) is 34.0. The molecule has 0 saturated carbocycles. The third-order valence-electron chi connectivity index (χ3n) is 2.81. The Balaban J connectivity index is 2.92. The Bertz CT molecular complexity index is 574. The number of rotatable bonds is 7. The molecule has 0 aromatic heterocycles. The zero-order chi connectivity index (χ0) is 16.7. The number of carbonyl (C=O) groups is 2. The molecule has 0 radical (unpaired) electrons. The molecule has 0 fully saturated rings. The van der Waals surface area contributed by atoms with Crippen molar-refractivity contribution in [1.29, 1.82) is 0 Å². The van der Waals surface area contributed by atoms with E-state index in [-0.39, 0.29) is 29.5 Å². The number of ether oxygens (including phenoxy) is 1. The van der Waals surface area contributed by atoms with Crippen LogP contribution in [0.5, 0.6) is 5.75 Å². The average molecular weight is 309 g/mol. The molecule has 2 N–H and O–H groups in total. The van der Waals surface area contributed by atoms with E-state index >= 15 is 0 Å². The summed E-state index contributed by atoms with van der Waals surface area (Å²) in [5.74, 6) is -0.790. The Hall–Kier alpha value is -2.64. The van der Waals surface area contributed by atoms with E-state index < -0.39 is 16.9 Å². The minimum Gasteiger partial charge on any atom is -0.487 e. The number of nitro groups is 1. The Morgan fingerprint density at radius 1 is 1.36 bits per heavy atom. The second-order valence-corrected chi connectivity index (χ2v) is 4.46. The number of hydrogen-bond acceptors (Lipinski definition) is 5. The lowest BCUT2D eigenvalue weighted by atomic mass is 10.1. The summed E-state index contributed by atoms with van der Waals surface area (Å²) in [6.45, 7) is 5.74. The van der Waals surface area contributed by atoms with Gasteiger partial charge in [-0.25, -0.2) is 0 Å². The minimum atomic E-state index is -0.738. The molecule has 1 aromatic rings. The van der Waals surface area contributed by atoms with E-state index in [0.29, 0.717) is 6.54 Å². The first-order valence-electron chi connectivity index (χ1n) is 6.90. The maximum absolute atomic E-state index is 12.1. The standard InChI is InChI=1S/C14H19N3O5/c1-4-15-13(18)9(3)16-14(19)10-6-7-12(22-5-2)11(8-10)17(20)21/h6-9H,4-5H2,1-3H3,(H,15,18)(H,16,19)/t9-/m1/s1. The number of carbonyl (C=O) groups excluding carboxylic acids is 2. The summed E-state index contributed by atoms with van der Waals surface area (Å²) < 4.78 is 5.15. The number of hydrogen-bond donors (Lipinski definition) is 2. The van der Waals surface area contributed by atoms with E-state index in [1.54, 1.807) is 13.8 Å². The highest BCUT2D eigenvalue weighted by molar-refractivity contribution is 5.98. The van der Waals surface area contributed by atoms with Crippen LogP contribution in [0.3, 0.4) is 0 Å². The maximum atomic E-state index is 12.1. The van der Waals surface area contributed by atoms with E-state index in [9.17, 15) is 19.7 Å². The summed E-state index contributed by atoms with van der Waals surface area (Å²) in [6, 6.07) is 3.17.